The lowest BCUT2D eigenvalue weighted by molar-refractivity contribution is 0.476. The highest BCUT2D eigenvalue weighted by atomic mass is 32.2. The van der Waals surface area contributed by atoms with Gasteiger partial charge in [-0.3, -0.25) is 0 Å². The lowest BCUT2D eigenvalue weighted by Gasteiger charge is -2.05. The minimum absolute atomic E-state index is 0.0709. The quantitative estimate of drug-likeness (QED) is 0.865. The molecule has 90 valence electrons. The van der Waals surface area contributed by atoms with Crippen LogP contribution in [0.3, 0.4) is 0 Å². The molecule has 2 heterocycles. The summed E-state index contributed by atoms with van der Waals surface area (Å²) in [4.78, 5) is 4.25. The van der Waals surface area contributed by atoms with E-state index in [1.807, 2.05) is 14.0 Å². The Bertz CT molecular complexity index is 466. The predicted molar refractivity (Wildman–Crippen MR) is 59.7 cm³/mol. The summed E-state index contributed by atoms with van der Waals surface area (Å²) in [6, 6.07) is 0.0709. The lowest BCUT2D eigenvalue weighted by atomic mass is 10.2. The number of oxazole rings is 1. The number of hydrogen-bond donors (Lipinski definition) is 1. The van der Waals surface area contributed by atoms with Crippen LogP contribution in [-0.4, -0.2) is 26.2 Å². The summed E-state index contributed by atoms with van der Waals surface area (Å²) < 4.78 is 28.7. The Morgan fingerprint density at radius 3 is 2.94 bits per heavy atom. The van der Waals surface area contributed by atoms with Gasteiger partial charge in [-0.05, 0) is 26.8 Å². The van der Waals surface area contributed by atoms with Gasteiger partial charge < -0.3 is 9.73 Å². The van der Waals surface area contributed by atoms with Crippen LogP contribution in [0.25, 0.3) is 0 Å². The van der Waals surface area contributed by atoms with E-state index in [4.69, 9.17) is 4.42 Å². The number of rotatable bonds is 3. The second-order valence-electron chi connectivity index (χ2n) is 4.12. The molecule has 1 aliphatic rings. The van der Waals surface area contributed by atoms with Gasteiger partial charge >= 0.3 is 0 Å². The second kappa shape index (κ2) is 4.18. The molecule has 0 bridgehead atoms. The average molecular weight is 244 g/mol. The monoisotopic (exact) mass is 244 g/mol. The van der Waals surface area contributed by atoms with E-state index in [0.717, 1.165) is 5.69 Å². The van der Waals surface area contributed by atoms with Crippen LogP contribution >= 0.6 is 0 Å². The van der Waals surface area contributed by atoms with E-state index < -0.39 is 15.1 Å². The van der Waals surface area contributed by atoms with E-state index in [-0.39, 0.29) is 11.8 Å². The summed E-state index contributed by atoms with van der Waals surface area (Å²) in [5.74, 6) is 0.589. The SMILES string of the molecule is CNC(C)c1coc(C2CCCS2(=O)=O)n1. The highest BCUT2D eigenvalue weighted by molar-refractivity contribution is 7.91. The van der Waals surface area contributed by atoms with Crippen molar-refractivity contribution >= 4 is 9.84 Å². The first-order chi connectivity index (χ1) is 7.54. The van der Waals surface area contributed by atoms with Gasteiger partial charge in [0.25, 0.3) is 0 Å². The Balaban J connectivity index is 2.25. The molecular formula is C10H16N2O3S. The molecule has 0 radical (unpaired) electrons. The van der Waals surface area contributed by atoms with E-state index >= 15 is 0 Å². The van der Waals surface area contributed by atoms with Crippen molar-refractivity contribution in [1.82, 2.24) is 10.3 Å². The first-order valence-electron chi connectivity index (χ1n) is 5.39. The lowest BCUT2D eigenvalue weighted by Crippen LogP contribution is -2.13. The minimum Gasteiger partial charge on any atom is -0.447 e. The van der Waals surface area contributed by atoms with E-state index in [1.54, 1.807) is 0 Å². The zero-order valence-electron chi connectivity index (χ0n) is 9.43. The molecule has 0 amide bonds. The van der Waals surface area contributed by atoms with Gasteiger partial charge in [0.1, 0.15) is 11.5 Å². The molecule has 2 atom stereocenters. The number of nitrogens with one attached hydrogen (secondary N) is 1. The second-order valence-corrected chi connectivity index (χ2v) is 6.42. The van der Waals surface area contributed by atoms with Gasteiger partial charge in [-0.1, -0.05) is 0 Å². The first kappa shape index (κ1) is 11.6. The number of nitrogens with zero attached hydrogens (tertiary/aromatic N) is 1. The smallest absolute Gasteiger partial charge is 0.212 e. The molecule has 2 rings (SSSR count). The summed E-state index contributed by atoms with van der Waals surface area (Å²) in [6.07, 6.45) is 2.85. The van der Waals surface area contributed by atoms with E-state index in [9.17, 15) is 8.42 Å². The molecule has 0 saturated carbocycles. The third-order valence-corrected chi connectivity index (χ3v) is 5.18. The third-order valence-electron chi connectivity index (χ3n) is 3.02. The van der Waals surface area contributed by atoms with Crippen molar-refractivity contribution in [3.63, 3.8) is 0 Å². The molecular weight excluding hydrogens is 228 g/mol. The summed E-state index contributed by atoms with van der Waals surface area (Å²) in [6.45, 7) is 1.95. The minimum atomic E-state index is -3.04. The molecule has 1 aliphatic heterocycles. The van der Waals surface area contributed by atoms with E-state index in [0.29, 0.717) is 18.7 Å². The van der Waals surface area contributed by atoms with Crippen molar-refractivity contribution in [3.8, 4) is 0 Å². The highest BCUT2D eigenvalue weighted by Crippen LogP contribution is 2.34. The molecule has 6 heteroatoms. The molecule has 1 aromatic heterocycles. The highest BCUT2D eigenvalue weighted by Gasteiger charge is 2.36. The number of sulfone groups is 1. The maximum Gasteiger partial charge on any atom is 0.212 e. The van der Waals surface area contributed by atoms with Gasteiger partial charge in [-0.2, -0.15) is 0 Å². The van der Waals surface area contributed by atoms with Crippen molar-refractivity contribution in [2.45, 2.75) is 31.1 Å². The van der Waals surface area contributed by atoms with E-state index in [2.05, 4.69) is 10.3 Å². The third kappa shape index (κ3) is 1.99. The summed E-state index contributed by atoms with van der Waals surface area (Å²) in [7, 11) is -1.21. The molecule has 0 spiro atoms. The summed E-state index contributed by atoms with van der Waals surface area (Å²) in [5, 5.41) is 2.50. The van der Waals surface area contributed by atoms with Crippen LogP contribution in [0.4, 0.5) is 0 Å². The molecule has 0 aliphatic carbocycles. The molecule has 0 aromatic carbocycles. The van der Waals surface area contributed by atoms with Crippen LogP contribution in [0.1, 0.15) is 42.6 Å². The number of aromatic nitrogens is 1. The van der Waals surface area contributed by atoms with Crippen LogP contribution in [-0.2, 0) is 9.84 Å². The van der Waals surface area contributed by atoms with Gasteiger partial charge in [0, 0.05) is 6.04 Å². The maximum absolute atomic E-state index is 11.7. The topological polar surface area (TPSA) is 72.2 Å². The molecule has 1 N–H and O–H groups in total. The fraction of sp³-hybridized carbons (Fsp3) is 0.700. The van der Waals surface area contributed by atoms with Crippen molar-refractivity contribution in [3.05, 3.63) is 17.8 Å². The zero-order valence-corrected chi connectivity index (χ0v) is 10.3. The molecule has 1 aromatic rings. The fourth-order valence-electron chi connectivity index (χ4n) is 1.86. The fourth-order valence-corrected chi connectivity index (χ4v) is 3.66. The Hall–Kier alpha value is -0.880. The zero-order chi connectivity index (χ0) is 11.8. The maximum atomic E-state index is 11.7. The van der Waals surface area contributed by atoms with Crippen molar-refractivity contribution in [2.24, 2.45) is 0 Å². The Kier molecular flexibility index (Phi) is 3.03. The Labute approximate surface area is 95.2 Å². The molecule has 5 nitrogen and oxygen atoms in total. The average Bonchev–Trinajstić information content (AvgIpc) is 2.82. The van der Waals surface area contributed by atoms with E-state index in [1.165, 1.54) is 6.26 Å². The van der Waals surface area contributed by atoms with Crippen LogP contribution in [0, 0.1) is 0 Å². The normalized spacial score (nSPS) is 25.8. The largest absolute Gasteiger partial charge is 0.447 e. The van der Waals surface area contributed by atoms with Crippen LogP contribution in [0.2, 0.25) is 0 Å². The summed E-state index contributed by atoms with van der Waals surface area (Å²) in [5.41, 5.74) is 0.750. The van der Waals surface area contributed by atoms with Crippen LogP contribution in [0.15, 0.2) is 10.7 Å². The molecule has 16 heavy (non-hydrogen) atoms. The predicted octanol–water partition coefficient (Wildman–Crippen LogP) is 1.20. The van der Waals surface area contributed by atoms with Crippen molar-refractivity contribution < 1.29 is 12.8 Å². The van der Waals surface area contributed by atoms with Crippen molar-refractivity contribution in [1.29, 1.82) is 0 Å². The Morgan fingerprint density at radius 1 is 1.62 bits per heavy atom. The molecule has 2 unspecified atom stereocenters. The van der Waals surface area contributed by atoms with Gasteiger partial charge in [0.05, 0.1) is 11.4 Å². The van der Waals surface area contributed by atoms with Crippen LogP contribution < -0.4 is 5.32 Å². The molecule has 1 fully saturated rings. The molecule has 1 saturated heterocycles. The van der Waals surface area contributed by atoms with Gasteiger partial charge in [0.15, 0.2) is 9.84 Å². The summed E-state index contributed by atoms with van der Waals surface area (Å²) >= 11 is 0. The van der Waals surface area contributed by atoms with Crippen molar-refractivity contribution in [2.75, 3.05) is 12.8 Å². The van der Waals surface area contributed by atoms with Gasteiger partial charge in [0.2, 0.25) is 5.89 Å². The first-order valence-corrected chi connectivity index (χ1v) is 7.10. The number of hydrogen-bond acceptors (Lipinski definition) is 5. The van der Waals surface area contributed by atoms with Gasteiger partial charge in [-0.15, -0.1) is 0 Å². The van der Waals surface area contributed by atoms with Gasteiger partial charge in [-0.25, -0.2) is 13.4 Å². The Morgan fingerprint density at radius 2 is 2.38 bits per heavy atom. The van der Waals surface area contributed by atoms with Crippen LogP contribution in [0.5, 0.6) is 0 Å². The standard InChI is InChI=1S/C10H16N2O3S/c1-7(11-2)8-6-15-10(12-8)9-4-3-5-16(9,13)14/h6-7,9,11H,3-5H2,1-2H3.